The lowest BCUT2D eigenvalue weighted by Crippen LogP contribution is -2.36. The van der Waals surface area contributed by atoms with Gasteiger partial charge in [0.25, 0.3) is 0 Å². The van der Waals surface area contributed by atoms with E-state index in [0.717, 1.165) is 5.92 Å². The highest BCUT2D eigenvalue weighted by Gasteiger charge is 2.15. The van der Waals surface area contributed by atoms with Gasteiger partial charge in [-0.15, -0.1) is 0 Å². The molecular weight excluding hydrogens is 218 g/mol. The van der Waals surface area contributed by atoms with E-state index in [-0.39, 0.29) is 5.54 Å². The van der Waals surface area contributed by atoms with Crippen molar-refractivity contribution in [2.45, 2.75) is 79.2 Å². The molecule has 0 amide bonds. The van der Waals surface area contributed by atoms with Crippen molar-refractivity contribution in [1.29, 1.82) is 0 Å². The van der Waals surface area contributed by atoms with Gasteiger partial charge in [-0.25, -0.2) is 0 Å². The number of rotatable bonds is 9. The Labute approximate surface area is 115 Å². The standard InChI is InChI=1S/C17H35N/c1-8-16(14(2)3)11-9-10-15(4)12-13-17(5,6)18-7/h11,14-15,18H,8-10,12-13H2,1-7H3. The maximum Gasteiger partial charge on any atom is 0.0122 e. The first-order valence-corrected chi connectivity index (χ1v) is 7.70. The van der Waals surface area contributed by atoms with Crippen molar-refractivity contribution in [1.82, 2.24) is 5.32 Å². The fourth-order valence-electron chi connectivity index (χ4n) is 2.22. The van der Waals surface area contributed by atoms with Crippen LogP contribution in [0.5, 0.6) is 0 Å². The highest BCUT2D eigenvalue weighted by molar-refractivity contribution is 5.03. The molecule has 0 radical (unpaired) electrons. The molecule has 0 spiro atoms. The molecule has 0 aliphatic carbocycles. The van der Waals surface area contributed by atoms with E-state index in [4.69, 9.17) is 0 Å². The maximum atomic E-state index is 3.38. The zero-order valence-corrected chi connectivity index (χ0v) is 13.8. The summed E-state index contributed by atoms with van der Waals surface area (Å²) >= 11 is 0. The summed E-state index contributed by atoms with van der Waals surface area (Å²) in [7, 11) is 2.06. The van der Waals surface area contributed by atoms with Crippen LogP contribution in [-0.2, 0) is 0 Å². The van der Waals surface area contributed by atoms with Gasteiger partial charge in [0, 0.05) is 5.54 Å². The summed E-state index contributed by atoms with van der Waals surface area (Å²) in [6.45, 7) is 13.8. The first-order valence-electron chi connectivity index (χ1n) is 7.70. The van der Waals surface area contributed by atoms with Gasteiger partial charge in [-0.3, -0.25) is 0 Å². The minimum absolute atomic E-state index is 0.288. The van der Waals surface area contributed by atoms with Crippen LogP contribution in [0.2, 0.25) is 0 Å². The summed E-state index contributed by atoms with van der Waals surface area (Å²) in [5, 5.41) is 3.38. The number of hydrogen-bond donors (Lipinski definition) is 1. The van der Waals surface area contributed by atoms with Crippen LogP contribution in [0.25, 0.3) is 0 Å². The largest absolute Gasteiger partial charge is 0.315 e. The molecule has 0 aromatic heterocycles. The molecule has 18 heavy (non-hydrogen) atoms. The van der Waals surface area contributed by atoms with Crippen LogP contribution in [0, 0.1) is 11.8 Å². The van der Waals surface area contributed by atoms with Gasteiger partial charge in [0.2, 0.25) is 0 Å². The summed E-state index contributed by atoms with van der Waals surface area (Å²) in [5.41, 5.74) is 1.91. The van der Waals surface area contributed by atoms with E-state index in [1.165, 1.54) is 32.1 Å². The molecule has 0 bridgehead atoms. The minimum Gasteiger partial charge on any atom is -0.315 e. The van der Waals surface area contributed by atoms with Gasteiger partial charge in [0.1, 0.15) is 0 Å². The molecule has 0 aromatic carbocycles. The first kappa shape index (κ1) is 17.7. The SMILES string of the molecule is CCC(=CCCC(C)CCC(C)(C)NC)C(C)C. The van der Waals surface area contributed by atoms with Crippen LogP contribution >= 0.6 is 0 Å². The van der Waals surface area contributed by atoms with Crippen LogP contribution in [-0.4, -0.2) is 12.6 Å². The number of hydrogen-bond acceptors (Lipinski definition) is 1. The Kier molecular flexibility index (Phi) is 8.60. The summed E-state index contributed by atoms with van der Waals surface area (Å²) in [6.07, 6.45) is 8.85. The molecule has 0 aliphatic heterocycles. The molecular formula is C17H35N. The van der Waals surface area contributed by atoms with Crippen LogP contribution in [0.3, 0.4) is 0 Å². The van der Waals surface area contributed by atoms with E-state index < -0.39 is 0 Å². The zero-order chi connectivity index (χ0) is 14.2. The van der Waals surface area contributed by atoms with E-state index in [1.807, 2.05) is 0 Å². The van der Waals surface area contributed by atoms with Crippen molar-refractivity contribution in [3.05, 3.63) is 11.6 Å². The third-order valence-electron chi connectivity index (χ3n) is 4.15. The number of nitrogens with one attached hydrogen (secondary N) is 1. The average Bonchev–Trinajstić information content (AvgIpc) is 2.32. The van der Waals surface area contributed by atoms with E-state index in [2.05, 4.69) is 60.0 Å². The van der Waals surface area contributed by atoms with Crippen molar-refractivity contribution in [3.8, 4) is 0 Å². The van der Waals surface area contributed by atoms with Gasteiger partial charge >= 0.3 is 0 Å². The molecule has 1 unspecified atom stereocenters. The Morgan fingerprint density at radius 3 is 2.22 bits per heavy atom. The van der Waals surface area contributed by atoms with E-state index in [9.17, 15) is 0 Å². The quantitative estimate of drug-likeness (QED) is 0.559. The molecule has 1 atom stereocenters. The molecule has 0 saturated carbocycles. The summed E-state index contributed by atoms with van der Waals surface area (Å²) in [6, 6.07) is 0. The summed E-state index contributed by atoms with van der Waals surface area (Å²) < 4.78 is 0. The van der Waals surface area contributed by atoms with Gasteiger partial charge in [-0.1, -0.05) is 39.3 Å². The predicted molar refractivity (Wildman–Crippen MR) is 84.0 cm³/mol. The fraction of sp³-hybridized carbons (Fsp3) is 0.882. The second-order valence-corrected chi connectivity index (χ2v) is 6.64. The minimum atomic E-state index is 0.288. The summed E-state index contributed by atoms with van der Waals surface area (Å²) in [4.78, 5) is 0. The van der Waals surface area contributed by atoms with Gasteiger partial charge in [0.15, 0.2) is 0 Å². The van der Waals surface area contributed by atoms with Gasteiger partial charge in [0.05, 0.1) is 0 Å². The molecule has 0 aromatic rings. The van der Waals surface area contributed by atoms with Crippen LogP contribution in [0.1, 0.15) is 73.6 Å². The lowest BCUT2D eigenvalue weighted by Gasteiger charge is -2.25. The molecule has 0 fully saturated rings. The monoisotopic (exact) mass is 253 g/mol. The normalized spacial score (nSPS) is 15.2. The smallest absolute Gasteiger partial charge is 0.0122 e. The first-order chi connectivity index (χ1) is 8.32. The predicted octanol–water partition coefficient (Wildman–Crippen LogP) is 5.17. The molecule has 1 heteroatoms. The van der Waals surface area contributed by atoms with Crippen molar-refractivity contribution < 1.29 is 0 Å². The van der Waals surface area contributed by atoms with E-state index in [0.29, 0.717) is 5.92 Å². The molecule has 1 N–H and O–H groups in total. The molecule has 0 rings (SSSR count). The Morgan fingerprint density at radius 1 is 1.17 bits per heavy atom. The van der Waals surface area contributed by atoms with E-state index in [1.54, 1.807) is 5.57 Å². The molecule has 0 saturated heterocycles. The van der Waals surface area contributed by atoms with Gasteiger partial charge < -0.3 is 5.32 Å². The molecule has 108 valence electrons. The molecule has 1 nitrogen and oxygen atoms in total. The van der Waals surface area contributed by atoms with Crippen molar-refractivity contribution >= 4 is 0 Å². The van der Waals surface area contributed by atoms with Crippen molar-refractivity contribution in [2.75, 3.05) is 7.05 Å². The Balaban J connectivity index is 3.94. The van der Waals surface area contributed by atoms with E-state index >= 15 is 0 Å². The third kappa shape index (κ3) is 7.92. The summed E-state index contributed by atoms with van der Waals surface area (Å²) in [5.74, 6) is 1.55. The second kappa shape index (κ2) is 8.74. The fourth-order valence-corrected chi connectivity index (χ4v) is 2.22. The lowest BCUT2D eigenvalue weighted by atomic mass is 9.90. The Hall–Kier alpha value is -0.300. The molecule has 0 heterocycles. The Morgan fingerprint density at radius 2 is 1.78 bits per heavy atom. The molecule has 0 aliphatic rings. The van der Waals surface area contributed by atoms with Crippen LogP contribution in [0.4, 0.5) is 0 Å². The zero-order valence-electron chi connectivity index (χ0n) is 13.8. The maximum absolute atomic E-state index is 3.38. The third-order valence-corrected chi connectivity index (χ3v) is 4.15. The second-order valence-electron chi connectivity index (χ2n) is 6.64. The van der Waals surface area contributed by atoms with Gasteiger partial charge in [-0.05, 0) is 64.8 Å². The van der Waals surface area contributed by atoms with Gasteiger partial charge in [-0.2, -0.15) is 0 Å². The highest BCUT2D eigenvalue weighted by atomic mass is 14.9. The van der Waals surface area contributed by atoms with Crippen molar-refractivity contribution in [2.24, 2.45) is 11.8 Å². The lowest BCUT2D eigenvalue weighted by molar-refractivity contribution is 0.341. The van der Waals surface area contributed by atoms with Crippen LogP contribution in [0.15, 0.2) is 11.6 Å². The van der Waals surface area contributed by atoms with Crippen molar-refractivity contribution in [3.63, 3.8) is 0 Å². The topological polar surface area (TPSA) is 12.0 Å². The average molecular weight is 253 g/mol. The number of allylic oxidation sites excluding steroid dienone is 2. The highest BCUT2D eigenvalue weighted by Crippen LogP contribution is 2.21. The van der Waals surface area contributed by atoms with Crippen LogP contribution < -0.4 is 5.32 Å². The Bertz CT molecular complexity index is 238.